The fourth-order valence-corrected chi connectivity index (χ4v) is 2.18. The minimum absolute atomic E-state index is 0.0748. The minimum atomic E-state index is -0.0748. The second-order valence-corrected chi connectivity index (χ2v) is 5.29. The predicted molar refractivity (Wildman–Crippen MR) is 67.6 cm³/mol. The summed E-state index contributed by atoms with van der Waals surface area (Å²) in [5.74, 6) is -0.0748. The number of nitrogens with two attached hydrogens (primary N) is 1. The lowest BCUT2D eigenvalue weighted by Gasteiger charge is -2.32. The third-order valence-corrected chi connectivity index (χ3v) is 3.91. The maximum absolute atomic E-state index is 11.8. The summed E-state index contributed by atoms with van der Waals surface area (Å²) in [5, 5.41) is 3.53. The van der Waals surface area contributed by atoms with Crippen LogP contribution in [0.4, 0.5) is 0 Å². The molecule has 0 unspecified atom stereocenters. The lowest BCUT2D eigenvalue weighted by atomic mass is 9.87. The molecule has 1 aliphatic carbocycles. The first kappa shape index (κ1) is 11.9. The predicted octanol–water partition coefficient (Wildman–Crippen LogP) is 2.32. The number of rotatable bonds is 2. The van der Waals surface area contributed by atoms with Crippen LogP contribution in [0.3, 0.4) is 0 Å². The van der Waals surface area contributed by atoms with Crippen LogP contribution in [0.2, 0.25) is 5.02 Å². The summed E-state index contributed by atoms with van der Waals surface area (Å²) in [6.07, 6.45) is 1.72. The quantitative estimate of drug-likeness (QED) is 0.881. The number of hydrogen-bond acceptors (Lipinski definition) is 2. The molecule has 1 aliphatic rings. The van der Waals surface area contributed by atoms with Gasteiger partial charge in [-0.2, -0.15) is 0 Å². The molecule has 1 saturated carbocycles. The molecule has 0 heterocycles. The van der Waals surface area contributed by atoms with Crippen LogP contribution < -0.4 is 11.1 Å². The molecule has 0 spiro atoms. The Morgan fingerprint density at radius 2 is 2.19 bits per heavy atom. The number of nitrogens with one attached hydrogen (secondary N) is 1. The first-order valence-corrected chi connectivity index (χ1v) is 6.25. The van der Waals surface area contributed by atoms with E-state index < -0.39 is 0 Å². The van der Waals surface area contributed by atoms with Crippen LogP contribution in [0.1, 0.15) is 23.2 Å². The maximum atomic E-state index is 11.8. The molecule has 1 fully saturated rings. The highest BCUT2D eigenvalue weighted by atomic mass is 79.9. The highest BCUT2D eigenvalue weighted by Gasteiger charge is 2.27. The SMILES string of the molecule is NC1CC(NC(=O)c2ccc(Cl)c(Br)c2)C1. The highest BCUT2D eigenvalue weighted by molar-refractivity contribution is 9.10. The lowest BCUT2D eigenvalue weighted by molar-refractivity contribution is 0.0910. The Hall–Kier alpha value is -0.580. The molecule has 86 valence electrons. The average Bonchev–Trinajstić information content (AvgIpc) is 2.19. The average molecular weight is 304 g/mol. The van der Waals surface area contributed by atoms with E-state index in [1.807, 2.05) is 0 Å². The molecule has 3 nitrogen and oxygen atoms in total. The molecule has 16 heavy (non-hydrogen) atoms. The van der Waals surface area contributed by atoms with Gasteiger partial charge in [-0.15, -0.1) is 0 Å². The first-order chi connectivity index (χ1) is 7.56. The summed E-state index contributed by atoms with van der Waals surface area (Å²) in [5.41, 5.74) is 6.26. The van der Waals surface area contributed by atoms with Gasteiger partial charge < -0.3 is 11.1 Å². The molecule has 1 aromatic rings. The third kappa shape index (κ3) is 2.56. The molecule has 1 amide bonds. The van der Waals surface area contributed by atoms with Gasteiger partial charge in [0.2, 0.25) is 0 Å². The van der Waals surface area contributed by atoms with E-state index >= 15 is 0 Å². The van der Waals surface area contributed by atoms with Crippen LogP contribution in [0.15, 0.2) is 22.7 Å². The van der Waals surface area contributed by atoms with Gasteiger partial charge in [-0.05, 0) is 47.0 Å². The van der Waals surface area contributed by atoms with Gasteiger partial charge in [0.05, 0.1) is 5.02 Å². The number of halogens is 2. The number of benzene rings is 1. The van der Waals surface area contributed by atoms with Crippen molar-refractivity contribution in [1.82, 2.24) is 5.32 Å². The van der Waals surface area contributed by atoms with Crippen LogP contribution in [0.5, 0.6) is 0 Å². The van der Waals surface area contributed by atoms with Crippen LogP contribution in [-0.2, 0) is 0 Å². The van der Waals surface area contributed by atoms with Crippen molar-refractivity contribution in [3.8, 4) is 0 Å². The zero-order chi connectivity index (χ0) is 11.7. The van der Waals surface area contributed by atoms with Crippen molar-refractivity contribution >= 4 is 33.4 Å². The fraction of sp³-hybridized carbons (Fsp3) is 0.364. The summed E-state index contributed by atoms with van der Waals surface area (Å²) in [6.45, 7) is 0. The minimum Gasteiger partial charge on any atom is -0.349 e. The summed E-state index contributed by atoms with van der Waals surface area (Å²) in [6, 6.07) is 5.59. The van der Waals surface area contributed by atoms with Crippen molar-refractivity contribution in [3.63, 3.8) is 0 Å². The molecular formula is C11H12BrClN2O. The summed E-state index contributed by atoms with van der Waals surface area (Å²) < 4.78 is 0.729. The molecule has 0 bridgehead atoms. The van der Waals surface area contributed by atoms with Gasteiger partial charge in [-0.25, -0.2) is 0 Å². The van der Waals surface area contributed by atoms with E-state index in [1.54, 1.807) is 18.2 Å². The number of carbonyl (C=O) groups excluding carboxylic acids is 1. The number of carbonyl (C=O) groups is 1. The standard InChI is InChI=1S/C11H12BrClN2O/c12-9-3-6(1-2-10(9)13)11(16)15-8-4-7(14)5-8/h1-3,7-8H,4-5,14H2,(H,15,16). The summed E-state index contributed by atoms with van der Waals surface area (Å²) in [4.78, 5) is 11.8. The van der Waals surface area contributed by atoms with Crippen molar-refractivity contribution in [2.45, 2.75) is 24.9 Å². The Balaban J connectivity index is 2.01. The van der Waals surface area contributed by atoms with Crippen molar-refractivity contribution in [3.05, 3.63) is 33.3 Å². The van der Waals surface area contributed by atoms with Gasteiger partial charge in [0, 0.05) is 22.1 Å². The second-order valence-electron chi connectivity index (χ2n) is 4.03. The molecule has 5 heteroatoms. The smallest absolute Gasteiger partial charge is 0.251 e. The number of hydrogen-bond donors (Lipinski definition) is 2. The van der Waals surface area contributed by atoms with E-state index in [-0.39, 0.29) is 18.0 Å². The van der Waals surface area contributed by atoms with Gasteiger partial charge >= 0.3 is 0 Å². The molecule has 1 aromatic carbocycles. The van der Waals surface area contributed by atoms with Crippen LogP contribution in [0.25, 0.3) is 0 Å². The molecule has 0 atom stereocenters. The van der Waals surface area contributed by atoms with Gasteiger partial charge in [0.15, 0.2) is 0 Å². The van der Waals surface area contributed by atoms with E-state index in [0.717, 1.165) is 17.3 Å². The normalized spacial score (nSPS) is 23.7. The summed E-state index contributed by atoms with van der Waals surface area (Å²) in [7, 11) is 0. The van der Waals surface area contributed by atoms with Crippen LogP contribution >= 0.6 is 27.5 Å². The van der Waals surface area contributed by atoms with Crippen molar-refractivity contribution < 1.29 is 4.79 Å². The molecule has 3 N–H and O–H groups in total. The Bertz CT molecular complexity index is 418. The highest BCUT2D eigenvalue weighted by Crippen LogP contribution is 2.24. The Morgan fingerprint density at radius 3 is 2.75 bits per heavy atom. The van der Waals surface area contributed by atoms with E-state index in [2.05, 4.69) is 21.2 Å². The van der Waals surface area contributed by atoms with Crippen molar-refractivity contribution in [2.24, 2.45) is 5.73 Å². The fourth-order valence-electron chi connectivity index (χ4n) is 1.69. The molecule has 0 aliphatic heterocycles. The monoisotopic (exact) mass is 302 g/mol. The number of amides is 1. The van der Waals surface area contributed by atoms with E-state index in [0.29, 0.717) is 10.6 Å². The zero-order valence-corrected chi connectivity index (χ0v) is 10.9. The van der Waals surface area contributed by atoms with Crippen LogP contribution in [0, 0.1) is 0 Å². The molecule has 0 aromatic heterocycles. The zero-order valence-electron chi connectivity index (χ0n) is 8.54. The topological polar surface area (TPSA) is 55.1 Å². The first-order valence-electron chi connectivity index (χ1n) is 5.08. The lowest BCUT2D eigenvalue weighted by Crippen LogP contribution is -2.50. The van der Waals surface area contributed by atoms with Gasteiger partial charge in [0.1, 0.15) is 0 Å². The van der Waals surface area contributed by atoms with E-state index in [4.69, 9.17) is 17.3 Å². The Kier molecular flexibility index (Phi) is 3.52. The maximum Gasteiger partial charge on any atom is 0.251 e. The van der Waals surface area contributed by atoms with Gasteiger partial charge in [-0.3, -0.25) is 4.79 Å². The molecular weight excluding hydrogens is 291 g/mol. The second kappa shape index (κ2) is 4.73. The molecule has 0 radical (unpaired) electrons. The Labute approximate surface area is 107 Å². The third-order valence-electron chi connectivity index (χ3n) is 2.69. The molecule has 2 rings (SSSR count). The van der Waals surface area contributed by atoms with Gasteiger partial charge in [-0.1, -0.05) is 11.6 Å². The van der Waals surface area contributed by atoms with Gasteiger partial charge in [0.25, 0.3) is 5.91 Å². The Morgan fingerprint density at radius 1 is 1.50 bits per heavy atom. The largest absolute Gasteiger partial charge is 0.349 e. The molecule has 0 saturated heterocycles. The summed E-state index contributed by atoms with van der Waals surface area (Å²) >= 11 is 9.14. The van der Waals surface area contributed by atoms with Crippen LogP contribution in [-0.4, -0.2) is 18.0 Å². The van der Waals surface area contributed by atoms with Crippen molar-refractivity contribution in [1.29, 1.82) is 0 Å². The van der Waals surface area contributed by atoms with E-state index in [1.165, 1.54) is 0 Å². The van der Waals surface area contributed by atoms with E-state index in [9.17, 15) is 4.79 Å². The van der Waals surface area contributed by atoms with Crippen molar-refractivity contribution in [2.75, 3.05) is 0 Å².